The molecular formula is C21H30O4. The Balaban J connectivity index is 1.74. The van der Waals surface area contributed by atoms with E-state index in [1.807, 2.05) is 0 Å². The summed E-state index contributed by atoms with van der Waals surface area (Å²) in [6.07, 6.45) is 5.13. The quantitative estimate of drug-likeness (QED) is 0.765. The van der Waals surface area contributed by atoms with Crippen LogP contribution < -0.4 is 0 Å². The molecule has 4 rings (SSSR count). The van der Waals surface area contributed by atoms with Gasteiger partial charge in [-0.15, -0.1) is 0 Å². The van der Waals surface area contributed by atoms with Gasteiger partial charge in [-0.05, 0) is 79.3 Å². The fourth-order valence-corrected chi connectivity index (χ4v) is 7.31. The molecule has 0 radical (unpaired) electrons. The van der Waals surface area contributed by atoms with Gasteiger partial charge in [0.1, 0.15) is 5.78 Å². The van der Waals surface area contributed by atoms with Crippen LogP contribution in [0.2, 0.25) is 0 Å². The van der Waals surface area contributed by atoms with Crippen LogP contribution in [0.1, 0.15) is 59.3 Å². The van der Waals surface area contributed by atoms with E-state index in [0.29, 0.717) is 25.2 Å². The van der Waals surface area contributed by atoms with Crippen molar-refractivity contribution >= 4 is 11.6 Å². The highest BCUT2D eigenvalue weighted by molar-refractivity contribution is 5.91. The summed E-state index contributed by atoms with van der Waals surface area (Å²) in [6.45, 7) is 6.04. The summed E-state index contributed by atoms with van der Waals surface area (Å²) in [5, 5.41) is 21.7. The molecule has 4 aliphatic rings. The fraction of sp³-hybridized carbons (Fsp3) is 0.810. The van der Waals surface area contributed by atoms with E-state index < -0.39 is 12.2 Å². The number of ketones is 2. The van der Waals surface area contributed by atoms with E-state index in [-0.39, 0.29) is 40.2 Å². The van der Waals surface area contributed by atoms with Gasteiger partial charge in [0.15, 0.2) is 5.78 Å². The number of carbonyl (C=O) groups is 2. The summed E-state index contributed by atoms with van der Waals surface area (Å²) >= 11 is 0. The van der Waals surface area contributed by atoms with Crippen molar-refractivity contribution in [3.05, 3.63) is 11.6 Å². The van der Waals surface area contributed by atoms with Crippen LogP contribution in [0.4, 0.5) is 0 Å². The van der Waals surface area contributed by atoms with Gasteiger partial charge < -0.3 is 10.2 Å². The van der Waals surface area contributed by atoms with Gasteiger partial charge >= 0.3 is 0 Å². The van der Waals surface area contributed by atoms with Gasteiger partial charge in [-0.2, -0.15) is 0 Å². The van der Waals surface area contributed by atoms with Crippen molar-refractivity contribution in [1.29, 1.82) is 0 Å². The summed E-state index contributed by atoms with van der Waals surface area (Å²) in [5.74, 6) is 0.934. The molecule has 4 nitrogen and oxygen atoms in total. The number of hydrogen-bond acceptors (Lipinski definition) is 4. The molecule has 4 aliphatic carbocycles. The molecule has 3 saturated carbocycles. The predicted octanol–water partition coefficient (Wildman–Crippen LogP) is 2.67. The number of Topliss-reactive ketones (excluding diaryl/α,β-unsaturated/α-hetero) is 1. The highest BCUT2D eigenvalue weighted by Crippen LogP contribution is 2.66. The number of hydrogen-bond donors (Lipinski definition) is 2. The number of rotatable bonds is 1. The van der Waals surface area contributed by atoms with Crippen molar-refractivity contribution in [3.8, 4) is 0 Å². The lowest BCUT2D eigenvalue weighted by Crippen LogP contribution is -2.55. The molecule has 0 bridgehead atoms. The zero-order valence-electron chi connectivity index (χ0n) is 15.5. The molecule has 0 aromatic carbocycles. The number of carbonyl (C=O) groups excluding carboxylic acids is 2. The van der Waals surface area contributed by atoms with Gasteiger partial charge in [-0.1, -0.05) is 13.8 Å². The Morgan fingerprint density at radius 1 is 1.20 bits per heavy atom. The van der Waals surface area contributed by atoms with Crippen LogP contribution in [0.5, 0.6) is 0 Å². The van der Waals surface area contributed by atoms with Crippen molar-refractivity contribution in [2.75, 3.05) is 0 Å². The summed E-state index contributed by atoms with van der Waals surface area (Å²) in [4.78, 5) is 24.1. The first-order valence-electron chi connectivity index (χ1n) is 9.80. The van der Waals surface area contributed by atoms with Crippen LogP contribution in [0.25, 0.3) is 0 Å². The molecule has 25 heavy (non-hydrogen) atoms. The summed E-state index contributed by atoms with van der Waals surface area (Å²) < 4.78 is 0. The van der Waals surface area contributed by atoms with Gasteiger partial charge in [0.05, 0.1) is 12.2 Å². The van der Waals surface area contributed by atoms with Gasteiger partial charge in [-0.25, -0.2) is 0 Å². The Morgan fingerprint density at radius 2 is 1.92 bits per heavy atom. The average molecular weight is 346 g/mol. The predicted molar refractivity (Wildman–Crippen MR) is 93.7 cm³/mol. The normalized spacial score (nSPS) is 52.0. The third kappa shape index (κ3) is 2.26. The minimum Gasteiger partial charge on any atom is -0.393 e. The first-order valence-corrected chi connectivity index (χ1v) is 9.80. The smallest absolute Gasteiger partial charge is 0.155 e. The van der Waals surface area contributed by atoms with E-state index in [0.717, 1.165) is 24.8 Å². The minimum absolute atomic E-state index is 0.0664. The van der Waals surface area contributed by atoms with E-state index in [1.165, 1.54) is 0 Å². The minimum atomic E-state index is -0.596. The molecule has 2 N–H and O–H groups in total. The van der Waals surface area contributed by atoms with Gasteiger partial charge in [0.2, 0.25) is 0 Å². The Bertz CT molecular complexity index is 652. The Hall–Kier alpha value is -1.00. The average Bonchev–Trinajstić information content (AvgIpc) is 2.81. The molecule has 0 aromatic heterocycles. The second-order valence-corrected chi connectivity index (χ2v) is 9.54. The molecule has 3 fully saturated rings. The molecule has 0 saturated heterocycles. The molecule has 0 spiro atoms. The number of aliphatic hydroxyl groups excluding tert-OH is 2. The lowest BCUT2D eigenvalue weighted by molar-refractivity contribution is -0.132. The molecule has 6 unspecified atom stereocenters. The maximum atomic E-state index is 12.2. The molecule has 138 valence electrons. The van der Waals surface area contributed by atoms with Crippen molar-refractivity contribution in [3.63, 3.8) is 0 Å². The zero-order valence-corrected chi connectivity index (χ0v) is 15.5. The Labute approximate surface area is 149 Å². The van der Waals surface area contributed by atoms with E-state index in [9.17, 15) is 19.8 Å². The first-order chi connectivity index (χ1) is 11.7. The van der Waals surface area contributed by atoms with Crippen LogP contribution in [0, 0.1) is 34.5 Å². The van der Waals surface area contributed by atoms with E-state index in [1.54, 1.807) is 13.0 Å². The van der Waals surface area contributed by atoms with Gasteiger partial charge in [-0.3, -0.25) is 9.59 Å². The molecule has 0 aliphatic heterocycles. The van der Waals surface area contributed by atoms with Gasteiger partial charge in [0.25, 0.3) is 0 Å². The highest BCUT2D eigenvalue weighted by atomic mass is 16.3. The fourth-order valence-electron chi connectivity index (χ4n) is 7.31. The van der Waals surface area contributed by atoms with Crippen LogP contribution in [-0.2, 0) is 9.59 Å². The van der Waals surface area contributed by atoms with Crippen LogP contribution in [0.15, 0.2) is 11.6 Å². The van der Waals surface area contributed by atoms with Crippen LogP contribution in [-0.4, -0.2) is 34.0 Å². The first kappa shape index (κ1) is 17.4. The molecular weight excluding hydrogens is 316 g/mol. The van der Waals surface area contributed by atoms with Crippen LogP contribution in [0.3, 0.4) is 0 Å². The molecule has 4 heteroatoms. The van der Waals surface area contributed by atoms with Crippen molar-refractivity contribution < 1.29 is 19.8 Å². The maximum absolute atomic E-state index is 12.2. The number of fused-ring (bicyclic) bond motifs is 5. The van der Waals surface area contributed by atoms with Gasteiger partial charge in [0, 0.05) is 12.3 Å². The third-order valence-corrected chi connectivity index (χ3v) is 8.45. The highest BCUT2D eigenvalue weighted by Gasteiger charge is 2.63. The molecule has 8 atom stereocenters. The zero-order chi connectivity index (χ0) is 18.1. The summed E-state index contributed by atoms with van der Waals surface area (Å²) in [6, 6.07) is 0. The van der Waals surface area contributed by atoms with E-state index in [4.69, 9.17) is 0 Å². The van der Waals surface area contributed by atoms with Crippen molar-refractivity contribution in [2.45, 2.75) is 71.5 Å². The van der Waals surface area contributed by atoms with Crippen LogP contribution >= 0.6 is 0 Å². The second kappa shape index (κ2) is 5.50. The second-order valence-electron chi connectivity index (χ2n) is 9.54. The SMILES string of the molecule is CC(=O)C1CC(O)C2C3CC(O)C4=CC(=O)CC[C@]4(C)C3CC[C@]12C. The molecule has 0 aromatic rings. The monoisotopic (exact) mass is 346 g/mol. The standard InChI is InChI=1S/C21H30O4/c1-11(22)15-10-18(25)19-13-9-17(24)16-8-12(23)4-6-20(16,2)14(13)5-7-21(15,19)3/h8,13-15,17-19,24-25H,4-7,9-10H2,1-3H3/t13?,14?,15?,17?,18?,19?,20-,21-/m1/s1. The number of aliphatic hydroxyl groups is 2. The Kier molecular flexibility index (Phi) is 3.83. The van der Waals surface area contributed by atoms with Crippen molar-refractivity contribution in [1.82, 2.24) is 0 Å². The van der Waals surface area contributed by atoms with E-state index in [2.05, 4.69) is 13.8 Å². The van der Waals surface area contributed by atoms with Crippen molar-refractivity contribution in [2.24, 2.45) is 34.5 Å². The summed E-state index contributed by atoms with van der Waals surface area (Å²) in [7, 11) is 0. The lowest BCUT2D eigenvalue weighted by atomic mass is 9.46. The third-order valence-electron chi connectivity index (χ3n) is 8.45. The van der Waals surface area contributed by atoms with E-state index >= 15 is 0 Å². The largest absolute Gasteiger partial charge is 0.393 e. The lowest BCUT2D eigenvalue weighted by Gasteiger charge is -2.59. The Morgan fingerprint density at radius 3 is 2.60 bits per heavy atom. The summed E-state index contributed by atoms with van der Waals surface area (Å²) in [5.41, 5.74) is 0.615. The molecule has 0 amide bonds. The molecule has 0 heterocycles. The maximum Gasteiger partial charge on any atom is 0.155 e. The topological polar surface area (TPSA) is 74.6 Å².